The van der Waals surface area contributed by atoms with Gasteiger partial charge in [0, 0.05) is 24.2 Å². The molecule has 2 unspecified atom stereocenters. The van der Waals surface area contributed by atoms with Crippen molar-refractivity contribution in [3.05, 3.63) is 35.4 Å². The second-order valence-electron chi connectivity index (χ2n) is 8.13. The SMILES string of the molecule is CC(C)(C)C1CC2CCC(C1)N2Cc1ccc(C(F)F)cc1. The van der Waals surface area contributed by atoms with E-state index in [0.29, 0.717) is 17.5 Å². The Morgan fingerprint density at radius 3 is 2.05 bits per heavy atom. The first kappa shape index (κ1) is 15.9. The van der Waals surface area contributed by atoms with Crippen LogP contribution in [0.3, 0.4) is 0 Å². The molecule has 2 bridgehead atoms. The smallest absolute Gasteiger partial charge is 0.263 e. The fourth-order valence-corrected chi connectivity index (χ4v) is 4.22. The van der Waals surface area contributed by atoms with Gasteiger partial charge < -0.3 is 0 Å². The van der Waals surface area contributed by atoms with Gasteiger partial charge in [-0.1, -0.05) is 45.0 Å². The van der Waals surface area contributed by atoms with Crippen LogP contribution in [-0.2, 0) is 6.54 Å². The zero-order valence-electron chi connectivity index (χ0n) is 13.9. The van der Waals surface area contributed by atoms with Crippen molar-refractivity contribution in [2.45, 2.75) is 71.5 Å². The third kappa shape index (κ3) is 3.19. The highest BCUT2D eigenvalue weighted by Gasteiger charge is 2.43. The second-order valence-corrected chi connectivity index (χ2v) is 8.13. The molecule has 1 nitrogen and oxygen atoms in total. The highest BCUT2D eigenvalue weighted by atomic mass is 19.3. The van der Waals surface area contributed by atoms with Crippen molar-refractivity contribution in [3.8, 4) is 0 Å². The summed E-state index contributed by atoms with van der Waals surface area (Å²) in [6.45, 7) is 7.98. The lowest BCUT2D eigenvalue weighted by molar-refractivity contribution is 0.0494. The molecule has 2 atom stereocenters. The van der Waals surface area contributed by atoms with Crippen LogP contribution in [0, 0.1) is 11.3 Å². The minimum Gasteiger partial charge on any atom is -0.293 e. The van der Waals surface area contributed by atoms with E-state index in [0.717, 1.165) is 18.0 Å². The summed E-state index contributed by atoms with van der Waals surface area (Å²) in [6.07, 6.45) is 2.80. The van der Waals surface area contributed by atoms with Crippen LogP contribution in [0.15, 0.2) is 24.3 Å². The van der Waals surface area contributed by atoms with Gasteiger partial charge in [0.15, 0.2) is 0 Å². The molecule has 22 heavy (non-hydrogen) atoms. The molecule has 0 radical (unpaired) electrons. The van der Waals surface area contributed by atoms with Crippen LogP contribution in [-0.4, -0.2) is 17.0 Å². The first-order valence-electron chi connectivity index (χ1n) is 8.47. The molecule has 0 aliphatic carbocycles. The van der Waals surface area contributed by atoms with Gasteiger partial charge in [0.05, 0.1) is 0 Å². The average molecular weight is 307 g/mol. The topological polar surface area (TPSA) is 3.24 Å². The maximum absolute atomic E-state index is 12.6. The number of nitrogens with zero attached hydrogens (tertiary/aromatic N) is 1. The normalized spacial score (nSPS) is 29.3. The summed E-state index contributed by atoms with van der Waals surface area (Å²) < 4.78 is 25.3. The maximum Gasteiger partial charge on any atom is 0.263 e. The van der Waals surface area contributed by atoms with Gasteiger partial charge in [-0.15, -0.1) is 0 Å². The number of hydrogen-bond acceptors (Lipinski definition) is 1. The van der Waals surface area contributed by atoms with Gasteiger partial charge in [-0.2, -0.15) is 0 Å². The van der Waals surface area contributed by atoms with Crippen LogP contribution in [0.25, 0.3) is 0 Å². The van der Waals surface area contributed by atoms with E-state index in [-0.39, 0.29) is 5.56 Å². The van der Waals surface area contributed by atoms with E-state index in [1.54, 1.807) is 12.1 Å². The van der Waals surface area contributed by atoms with Crippen molar-refractivity contribution in [3.63, 3.8) is 0 Å². The molecule has 0 amide bonds. The number of piperidine rings is 1. The van der Waals surface area contributed by atoms with E-state index >= 15 is 0 Å². The van der Waals surface area contributed by atoms with E-state index in [2.05, 4.69) is 25.7 Å². The van der Waals surface area contributed by atoms with E-state index in [9.17, 15) is 8.78 Å². The molecule has 1 aromatic carbocycles. The average Bonchev–Trinajstić information content (AvgIpc) is 2.69. The molecule has 3 rings (SSSR count). The molecule has 0 N–H and O–H groups in total. The minimum absolute atomic E-state index is 0.123. The summed E-state index contributed by atoms with van der Waals surface area (Å²) in [6, 6.07) is 8.25. The zero-order valence-corrected chi connectivity index (χ0v) is 13.9. The fourth-order valence-electron chi connectivity index (χ4n) is 4.22. The Balaban J connectivity index is 1.67. The quantitative estimate of drug-likeness (QED) is 0.721. The molecule has 2 heterocycles. The molecular weight excluding hydrogens is 280 g/mol. The molecule has 3 heteroatoms. The molecule has 2 aliphatic rings. The second kappa shape index (κ2) is 5.92. The summed E-state index contributed by atoms with van der Waals surface area (Å²) >= 11 is 0. The number of halogens is 2. The van der Waals surface area contributed by atoms with Gasteiger partial charge >= 0.3 is 0 Å². The van der Waals surface area contributed by atoms with Crippen molar-refractivity contribution in [1.29, 1.82) is 0 Å². The lowest BCUT2D eigenvalue weighted by Crippen LogP contribution is -2.45. The highest BCUT2D eigenvalue weighted by molar-refractivity contribution is 5.23. The Morgan fingerprint density at radius 1 is 1.05 bits per heavy atom. The van der Waals surface area contributed by atoms with Gasteiger partial charge in [-0.3, -0.25) is 4.90 Å². The Morgan fingerprint density at radius 2 is 1.59 bits per heavy atom. The van der Waals surface area contributed by atoms with Crippen LogP contribution >= 0.6 is 0 Å². The molecule has 0 spiro atoms. The molecule has 2 fully saturated rings. The lowest BCUT2D eigenvalue weighted by Gasteiger charge is -2.44. The summed E-state index contributed by atoms with van der Waals surface area (Å²) in [7, 11) is 0. The number of alkyl halides is 2. The van der Waals surface area contributed by atoms with Gasteiger partial charge in [-0.25, -0.2) is 8.78 Å². The van der Waals surface area contributed by atoms with Crippen molar-refractivity contribution in [2.75, 3.05) is 0 Å². The third-order valence-corrected chi connectivity index (χ3v) is 5.71. The van der Waals surface area contributed by atoms with Crippen LogP contribution in [0.1, 0.15) is 64.0 Å². The van der Waals surface area contributed by atoms with Crippen LogP contribution in [0.4, 0.5) is 8.78 Å². The first-order chi connectivity index (χ1) is 10.3. The maximum atomic E-state index is 12.6. The summed E-state index contributed by atoms with van der Waals surface area (Å²) in [4.78, 5) is 2.62. The van der Waals surface area contributed by atoms with Crippen molar-refractivity contribution in [2.24, 2.45) is 11.3 Å². The highest BCUT2D eigenvalue weighted by Crippen LogP contribution is 2.45. The Hall–Kier alpha value is -0.960. The first-order valence-corrected chi connectivity index (χ1v) is 8.47. The van der Waals surface area contributed by atoms with E-state index in [1.807, 2.05) is 12.1 Å². The Labute approximate surface area is 132 Å². The minimum atomic E-state index is -2.37. The van der Waals surface area contributed by atoms with Crippen LogP contribution in [0.5, 0.6) is 0 Å². The number of fused-ring (bicyclic) bond motifs is 2. The van der Waals surface area contributed by atoms with Crippen LogP contribution < -0.4 is 0 Å². The summed E-state index contributed by atoms with van der Waals surface area (Å²) in [5.41, 5.74) is 1.68. The van der Waals surface area contributed by atoms with Crippen molar-refractivity contribution >= 4 is 0 Å². The third-order valence-electron chi connectivity index (χ3n) is 5.71. The monoisotopic (exact) mass is 307 g/mol. The molecule has 0 saturated carbocycles. The van der Waals surface area contributed by atoms with Gasteiger partial charge in [-0.05, 0) is 42.6 Å². The van der Waals surface area contributed by atoms with Gasteiger partial charge in [0.2, 0.25) is 0 Å². The molecule has 122 valence electrons. The van der Waals surface area contributed by atoms with Gasteiger partial charge in [0.1, 0.15) is 0 Å². The summed E-state index contributed by atoms with van der Waals surface area (Å²) in [5, 5.41) is 0. The predicted molar refractivity (Wildman–Crippen MR) is 85.9 cm³/mol. The van der Waals surface area contributed by atoms with E-state index < -0.39 is 6.43 Å². The van der Waals surface area contributed by atoms with Gasteiger partial charge in [0.25, 0.3) is 6.43 Å². The molecule has 1 aromatic rings. The molecule has 2 saturated heterocycles. The Kier molecular flexibility index (Phi) is 4.28. The predicted octanol–water partition coefficient (Wildman–Crippen LogP) is 5.41. The Bertz CT molecular complexity index is 489. The number of benzene rings is 1. The van der Waals surface area contributed by atoms with E-state index in [4.69, 9.17) is 0 Å². The largest absolute Gasteiger partial charge is 0.293 e. The van der Waals surface area contributed by atoms with Crippen LogP contribution in [0.2, 0.25) is 0 Å². The zero-order chi connectivity index (χ0) is 15.9. The number of hydrogen-bond donors (Lipinski definition) is 0. The standard InChI is InChI=1S/C19H27F2N/c1-19(2,3)15-10-16-8-9-17(11-15)22(16)12-13-4-6-14(7-5-13)18(20)21/h4-7,15-18H,8-12H2,1-3H3. The molecule has 2 aliphatic heterocycles. The summed E-state index contributed by atoms with van der Waals surface area (Å²) in [5.74, 6) is 0.808. The lowest BCUT2D eigenvalue weighted by atomic mass is 9.73. The number of rotatable bonds is 3. The molecule has 0 aromatic heterocycles. The van der Waals surface area contributed by atoms with Crippen molar-refractivity contribution in [1.82, 2.24) is 4.90 Å². The van der Waals surface area contributed by atoms with Crippen molar-refractivity contribution < 1.29 is 8.78 Å². The molecular formula is C19H27F2N. The van der Waals surface area contributed by atoms with E-state index in [1.165, 1.54) is 25.7 Å². The fraction of sp³-hybridized carbons (Fsp3) is 0.684.